The van der Waals surface area contributed by atoms with Gasteiger partial charge in [0.15, 0.2) is 0 Å². The molecule has 0 unspecified atom stereocenters. The van der Waals surface area contributed by atoms with Gasteiger partial charge in [0, 0.05) is 0 Å². The Kier molecular flexibility index (Phi) is 3.69. The summed E-state index contributed by atoms with van der Waals surface area (Å²) in [4.78, 5) is 2.99. The van der Waals surface area contributed by atoms with E-state index in [2.05, 4.69) is 4.85 Å². The lowest BCUT2D eigenvalue weighted by atomic mass is 10.5. The van der Waals surface area contributed by atoms with E-state index in [9.17, 15) is 0 Å². The average molecular weight is 81.1 g/mol. The highest BCUT2D eigenvalue weighted by molar-refractivity contribution is 4.87. The van der Waals surface area contributed by atoms with Crippen LogP contribution in [0.3, 0.4) is 0 Å². The highest BCUT2D eigenvalue weighted by Crippen LogP contribution is 1.76. The topological polar surface area (TPSA) is 4.36 Å². The van der Waals surface area contributed by atoms with E-state index in [4.69, 9.17) is 6.57 Å². The summed E-state index contributed by atoms with van der Waals surface area (Å²) in [5.41, 5.74) is 0. The molecule has 0 N–H and O–H groups in total. The normalized spacial score (nSPS) is 8.67. The minimum Gasteiger partial charge on any atom is -0.246 e. The largest absolute Gasteiger partial charge is 0.246 e. The second kappa shape index (κ2) is 4.23. The van der Waals surface area contributed by atoms with Crippen LogP contribution in [0.15, 0.2) is 12.3 Å². The van der Waals surface area contributed by atoms with E-state index < -0.39 is 0 Å². The molecule has 0 aromatic rings. The van der Waals surface area contributed by atoms with Gasteiger partial charge >= 0.3 is 0 Å². The van der Waals surface area contributed by atoms with Crippen molar-refractivity contribution in [2.24, 2.45) is 0 Å². The highest BCUT2D eigenvalue weighted by Gasteiger charge is 1.56. The van der Waals surface area contributed by atoms with E-state index in [0.717, 1.165) is 6.42 Å². The summed E-state index contributed by atoms with van der Waals surface area (Å²) in [6.07, 6.45) is 4.26. The molecule has 0 saturated carbocycles. The molecule has 32 valence electrons. The summed E-state index contributed by atoms with van der Waals surface area (Å²) >= 11 is 0. The Bertz CT molecular complexity index is 76.4. The van der Waals surface area contributed by atoms with Crippen molar-refractivity contribution < 1.29 is 0 Å². The predicted octanol–water partition coefficient (Wildman–Crippen LogP) is 1.83. The first-order chi connectivity index (χ1) is 2.91. The molecule has 0 aromatic heterocycles. The lowest BCUT2D eigenvalue weighted by molar-refractivity contribution is 1.22. The van der Waals surface area contributed by atoms with Crippen LogP contribution >= 0.6 is 0 Å². The molecule has 0 saturated heterocycles. The van der Waals surface area contributed by atoms with Crippen LogP contribution in [0, 0.1) is 6.57 Å². The molecule has 0 aromatic carbocycles. The Hall–Kier alpha value is -0.770. The molecule has 1 nitrogen and oxygen atoms in total. The van der Waals surface area contributed by atoms with E-state index >= 15 is 0 Å². The highest BCUT2D eigenvalue weighted by atomic mass is 14.6. The molecule has 0 rings (SSSR count). The van der Waals surface area contributed by atoms with E-state index in [-0.39, 0.29) is 0 Å². The van der Waals surface area contributed by atoms with Crippen molar-refractivity contribution >= 4 is 0 Å². The Balaban J connectivity index is 3.02. The fraction of sp³-hybridized carbons (Fsp3) is 0.400. The van der Waals surface area contributed by atoms with Crippen molar-refractivity contribution in [3.63, 3.8) is 0 Å². The third-order valence-corrected chi connectivity index (χ3v) is 0.416. The number of nitrogens with zero attached hydrogens (tertiary/aromatic N) is 1. The van der Waals surface area contributed by atoms with E-state index in [1.54, 1.807) is 0 Å². The van der Waals surface area contributed by atoms with Gasteiger partial charge in [-0.15, -0.1) is 0 Å². The predicted molar refractivity (Wildman–Crippen MR) is 26.0 cm³/mol. The van der Waals surface area contributed by atoms with Gasteiger partial charge in [-0.1, -0.05) is 13.0 Å². The zero-order valence-electron chi connectivity index (χ0n) is 3.81. The molecule has 0 radical (unpaired) electrons. The van der Waals surface area contributed by atoms with Crippen LogP contribution in [-0.4, -0.2) is 0 Å². The average Bonchev–Trinajstić information content (AvgIpc) is 1.61. The van der Waals surface area contributed by atoms with Crippen molar-refractivity contribution in [2.45, 2.75) is 13.3 Å². The van der Waals surface area contributed by atoms with Crippen molar-refractivity contribution in [1.29, 1.82) is 0 Å². The summed E-state index contributed by atoms with van der Waals surface area (Å²) in [6.45, 7) is 8.25. The number of rotatable bonds is 1. The smallest absolute Gasteiger partial charge is 0.150 e. The maximum atomic E-state index is 6.24. The number of hydrogen-bond donors (Lipinski definition) is 0. The molecule has 0 amide bonds. The standard InChI is InChI=1S/C5H7N/c1-3-4-5-6-2/h4-5H,3H2,1H3/b5-4+. The second-order valence-electron chi connectivity index (χ2n) is 0.922. The van der Waals surface area contributed by atoms with Crippen molar-refractivity contribution in [2.75, 3.05) is 0 Å². The summed E-state index contributed by atoms with van der Waals surface area (Å²) in [7, 11) is 0. The maximum Gasteiger partial charge on any atom is 0.150 e. The molecule has 0 bridgehead atoms. The van der Waals surface area contributed by atoms with Crippen LogP contribution < -0.4 is 0 Å². The molecule has 0 aliphatic rings. The first-order valence-electron chi connectivity index (χ1n) is 1.93. The fourth-order valence-electron chi connectivity index (χ4n) is 0.158. The zero-order valence-corrected chi connectivity index (χ0v) is 3.81. The van der Waals surface area contributed by atoms with Gasteiger partial charge in [-0.25, -0.2) is 4.85 Å². The van der Waals surface area contributed by atoms with Crippen molar-refractivity contribution in [3.8, 4) is 0 Å². The minimum atomic E-state index is 0.961. The van der Waals surface area contributed by atoms with E-state index in [1.165, 1.54) is 6.20 Å². The lowest BCUT2D eigenvalue weighted by Crippen LogP contribution is -1.44. The summed E-state index contributed by atoms with van der Waals surface area (Å²) in [6, 6.07) is 0. The Morgan fingerprint density at radius 3 is 2.67 bits per heavy atom. The first kappa shape index (κ1) is 5.23. The molecule has 0 atom stereocenters. The Morgan fingerprint density at radius 2 is 2.50 bits per heavy atom. The van der Waals surface area contributed by atoms with Gasteiger partial charge in [0.2, 0.25) is 0 Å². The molecule has 0 aliphatic heterocycles. The Morgan fingerprint density at radius 1 is 1.83 bits per heavy atom. The van der Waals surface area contributed by atoms with Gasteiger partial charge in [0.05, 0.1) is 6.57 Å². The summed E-state index contributed by atoms with van der Waals surface area (Å²) < 4.78 is 0. The van der Waals surface area contributed by atoms with Crippen LogP contribution in [-0.2, 0) is 0 Å². The van der Waals surface area contributed by atoms with Gasteiger partial charge in [-0.3, -0.25) is 0 Å². The van der Waals surface area contributed by atoms with Gasteiger partial charge < -0.3 is 0 Å². The zero-order chi connectivity index (χ0) is 4.83. The molecule has 1 heteroatoms. The van der Waals surface area contributed by atoms with E-state index in [0.29, 0.717) is 0 Å². The van der Waals surface area contributed by atoms with Gasteiger partial charge in [-0.2, -0.15) is 0 Å². The van der Waals surface area contributed by atoms with Crippen LogP contribution in [0.2, 0.25) is 0 Å². The second-order valence-corrected chi connectivity index (χ2v) is 0.922. The van der Waals surface area contributed by atoms with Gasteiger partial charge in [-0.05, 0) is 6.42 Å². The molecular weight excluding hydrogens is 74.1 g/mol. The molecule has 0 heterocycles. The van der Waals surface area contributed by atoms with Crippen LogP contribution in [0.5, 0.6) is 0 Å². The van der Waals surface area contributed by atoms with Crippen LogP contribution in [0.1, 0.15) is 13.3 Å². The minimum absolute atomic E-state index is 0.961. The molecule has 0 fully saturated rings. The third kappa shape index (κ3) is 3.23. The quantitative estimate of drug-likeness (QED) is 0.424. The molecule has 6 heavy (non-hydrogen) atoms. The summed E-state index contributed by atoms with van der Waals surface area (Å²) in [5, 5.41) is 0. The third-order valence-electron chi connectivity index (χ3n) is 0.416. The first-order valence-corrected chi connectivity index (χ1v) is 1.93. The molecular formula is C5H7N. The van der Waals surface area contributed by atoms with E-state index in [1.807, 2.05) is 13.0 Å². The van der Waals surface area contributed by atoms with Crippen molar-refractivity contribution in [3.05, 3.63) is 23.7 Å². The Labute approximate surface area is 38.1 Å². The number of hydrogen-bond acceptors (Lipinski definition) is 0. The number of allylic oxidation sites excluding steroid dienone is 1. The fourth-order valence-corrected chi connectivity index (χ4v) is 0.158. The maximum absolute atomic E-state index is 6.24. The van der Waals surface area contributed by atoms with Crippen molar-refractivity contribution in [1.82, 2.24) is 0 Å². The van der Waals surface area contributed by atoms with Gasteiger partial charge in [0.1, 0.15) is 6.20 Å². The molecule has 0 aliphatic carbocycles. The van der Waals surface area contributed by atoms with Gasteiger partial charge in [0.25, 0.3) is 0 Å². The molecule has 0 spiro atoms. The summed E-state index contributed by atoms with van der Waals surface area (Å²) in [5.74, 6) is 0. The van der Waals surface area contributed by atoms with Crippen LogP contribution in [0.25, 0.3) is 4.85 Å². The lowest BCUT2D eigenvalue weighted by Gasteiger charge is -1.64. The SMILES string of the molecule is [C-]#[N+]/C=C/CC. The monoisotopic (exact) mass is 81.1 g/mol. The van der Waals surface area contributed by atoms with Crippen LogP contribution in [0.4, 0.5) is 0 Å².